The van der Waals surface area contributed by atoms with Gasteiger partial charge in [-0.2, -0.15) is 0 Å². The minimum atomic E-state index is -1.68. The van der Waals surface area contributed by atoms with Gasteiger partial charge in [-0.3, -0.25) is 0 Å². The molecule has 3 aliphatic rings. The van der Waals surface area contributed by atoms with Crippen LogP contribution in [-0.4, -0.2) is 43.3 Å². The fourth-order valence-corrected chi connectivity index (χ4v) is 9.61. The second-order valence-corrected chi connectivity index (χ2v) is 18.2. The molecule has 12 heteroatoms. The number of anilines is 2. The van der Waals surface area contributed by atoms with E-state index in [1.165, 1.54) is 0 Å². The Kier molecular flexibility index (Phi) is 13.9. The van der Waals surface area contributed by atoms with Crippen LogP contribution in [0.2, 0.25) is 20.1 Å². The summed E-state index contributed by atoms with van der Waals surface area (Å²) in [5.74, 6) is 0.544. The fourth-order valence-electron chi connectivity index (χ4n) is 8.33. The van der Waals surface area contributed by atoms with Gasteiger partial charge in [0.1, 0.15) is 11.5 Å². The maximum Gasteiger partial charge on any atom is 0.341 e. The molecule has 5 aromatic carbocycles. The van der Waals surface area contributed by atoms with Crippen LogP contribution in [0.1, 0.15) is 90.5 Å². The number of rotatable bonds is 14. The van der Waals surface area contributed by atoms with Gasteiger partial charge in [-0.15, -0.1) is 0 Å². The van der Waals surface area contributed by atoms with Crippen LogP contribution in [0, 0.1) is 0 Å². The molecule has 0 bridgehead atoms. The Labute approximate surface area is 393 Å². The number of cyclic esters (lactones) is 1. The molecule has 2 saturated heterocycles. The zero-order valence-corrected chi connectivity index (χ0v) is 38.9. The third-order valence-electron chi connectivity index (χ3n) is 11.6. The molecule has 5 aromatic rings. The molecule has 2 fully saturated rings. The van der Waals surface area contributed by atoms with Crippen LogP contribution in [0.4, 0.5) is 11.4 Å². The maximum absolute atomic E-state index is 14.4. The van der Waals surface area contributed by atoms with Crippen molar-refractivity contribution >= 4 is 98.1 Å². The number of hydrogen-bond donors (Lipinski definition) is 0. The second kappa shape index (κ2) is 19.4. The Bertz CT molecular complexity index is 2330. The maximum atomic E-state index is 14.4. The number of benzene rings is 5. The molecule has 3 aliphatic heterocycles. The molecule has 0 aliphatic carbocycles. The Morgan fingerprint density at radius 2 is 0.935 bits per heavy atom. The quantitative estimate of drug-likeness (QED) is 0.0478. The minimum Gasteiger partial charge on any atom is -0.475 e. The highest BCUT2D eigenvalue weighted by molar-refractivity contribution is 6.53. The van der Waals surface area contributed by atoms with Crippen LogP contribution >= 0.6 is 69.6 Å². The predicted octanol–water partition coefficient (Wildman–Crippen LogP) is 14.8. The van der Waals surface area contributed by atoms with Crippen molar-refractivity contribution in [3.63, 3.8) is 0 Å². The summed E-state index contributed by atoms with van der Waals surface area (Å²) in [6.45, 7) is 7.95. The molecular formula is C50H46Cl6N2O4. The van der Waals surface area contributed by atoms with Gasteiger partial charge in [0.25, 0.3) is 0 Å². The Balaban J connectivity index is 1.38. The zero-order chi connectivity index (χ0) is 43.5. The van der Waals surface area contributed by atoms with Gasteiger partial charge in [0, 0.05) is 43.1 Å². The first-order chi connectivity index (χ1) is 30.0. The number of carbonyl (C=O) groups is 1. The van der Waals surface area contributed by atoms with E-state index in [-0.39, 0.29) is 31.2 Å². The van der Waals surface area contributed by atoms with Crippen molar-refractivity contribution in [1.29, 1.82) is 0 Å². The summed E-state index contributed by atoms with van der Waals surface area (Å²) >= 11 is 40.4. The van der Waals surface area contributed by atoms with Gasteiger partial charge in [0.15, 0.2) is 16.7 Å². The van der Waals surface area contributed by atoms with Gasteiger partial charge in [-0.05, 0) is 133 Å². The van der Waals surface area contributed by atoms with Gasteiger partial charge >= 0.3 is 5.97 Å². The summed E-state index contributed by atoms with van der Waals surface area (Å²) < 4.78 is 18.6. The molecule has 8 rings (SSSR count). The highest BCUT2D eigenvalue weighted by Crippen LogP contribution is 2.54. The summed E-state index contributed by atoms with van der Waals surface area (Å²) in [6, 6.07) is 32.2. The van der Waals surface area contributed by atoms with Crippen LogP contribution < -0.4 is 19.3 Å². The fraction of sp³-hybridized carbons (Fsp3) is 0.300. The third kappa shape index (κ3) is 9.29. The standard InChI is InChI=1S/C50H46Cl6N2O4/c1-3-41(51)60-37-21-13-33(14-22-37)39(31-9-17-35(18-10-31)57-25-5-6-26-57)29-50(44-43(49(59)62-50)45(53)47(55)48(56)46(44)54)30-40(34-15-23-38(24-16-34)61-42(52)4-2)32-11-19-36(20-12-32)58-27-7-8-28-58/h9-24,29-30,41-42H,3-8,25-28H2,1-2H3/b39-29-,40-30-. The molecule has 62 heavy (non-hydrogen) atoms. The first kappa shape index (κ1) is 44.6. The first-order valence-electron chi connectivity index (χ1n) is 21.1. The molecule has 0 aromatic heterocycles. The van der Waals surface area contributed by atoms with Crippen LogP contribution in [0.5, 0.6) is 11.5 Å². The van der Waals surface area contributed by atoms with Crippen molar-refractivity contribution in [3.05, 3.63) is 163 Å². The molecule has 2 unspecified atom stereocenters. The number of carbonyl (C=O) groups excluding carboxylic acids is 1. The van der Waals surface area contributed by atoms with E-state index in [2.05, 4.69) is 58.3 Å². The van der Waals surface area contributed by atoms with Crippen LogP contribution in [0.25, 0.3) is 11.1 Å². The topological polar surface area (TPSA) is 51.2 Å². The van der Waals surface area contributed by atoms with Crippen LogP contribution in [0.15, 0.2) is 109 Å². The smallest absolute Gasteiger partial charge is 0.341 e. The van der Waals surface area contributed by atoms with Gasteiger partial charge < -0.3 is 24.0 Å². The van der Waals surface area contributed by atoms with E-state index in [0.717, 1.165) is 96.6 Å². The molecule has 322 valence electrons. The van der Waals surface area contributed by atoms with E-state index < -0.39 is 22.7 Å². The van der Waals surface area contributed by atoms with Crippen molar-refractivity contribution < 1.29 is 19.0 Å². The monoisotopic (exact) mass is 948 g/mol. The second-order valence-electron chi connectivity index (χ2n) is 15.7. The van der Waals surface area contributed by atoms with Crippen molar-refractivity contribution in [1.82, 2.24) is 0 Å². The lowest BCUT2D eigenvalue weighted by Crippen LogP contribution is -2.23. The number of halogens is 6. The number of hydrogen-bond acceptors (Lipinski definition) is 6. The normalized spacial score (nSPS) is 18.8. The van der Waals surface area contributed by atoms with Crippen LogP contribution in [-0.2, 0) is 10.3 Å². The SMILES string of the molecule is CCC(Cl)Oc1ccc(/C(=C\C2(/C=C(\c3ccc(OC(Cl)CC)cc3)c3ccc(N4CCCC4)cc3)OC(=O)c3c(Cl)c(Cl)c(Cl)c(Cl)c32)c2ccc(N3CCCC3)cc2)cc1. The van der Waals surface area contributed by atoms with Gasteiger partial charge in [0.2, 0.25) is 0 Å². The largest absolute Gasteiger partial charge is 0.475 e. The van der Waals surface area contributed by atoms with E-state index in [1.54, 1.807) is 0 Å². The van der Waals surface area contributed by atoms with Gasteiger partial charge in [0.05, 0.1) is 25.7 Å². The zero-order valence-electron chi connectivity index (χ0n) is 34.4. The third-order valence-corrected chi connectivity index (χ3v) is 14.2. The van der Waals surface area contributed by atoms with E-state index >= 15 is 0 Å². The van der Waals surface area contributed by atoms with Gasteiger partial charge in [-0.25, -0.2) is 4.79 Å². The van der Waals surface area contributed by atoms with Gasteiger partial charge in [-0.1, -0.05) is 132 Å². The molecule has 3 heterocycles. The Morgan fingerprint density at radius 1 is 0.581 bits per heavy atom. The minimum absolute atomic E-state index is 0.00991. The van der Waals surface area contributed by atoms with Crippen molar-refractivity contribution in [2.75, 3.05) is 36.0 Å². The van der Waals surface area contributed by atoms with Crippen molar-refractivity contribution in [2.24, 2.45) is 0 Å². The number of nitrogens with zero attached hydrogens (tertiary/aromatic N) is 2. The molecule has 0 radical (unpaired) electrons. The van der Waals surface area contributed by atoms with E-state index in [4.69, 9.17) is 83.8 Å². The molecule has 2 atom stereocenters. The van der Waals surface area contributed by atoms with E-state index in [9.17, 15) is 4.79 Å². The summed E-state index contributed by atoms with van der Waals surface area (Å²) in [5.41, 5.74) is 4.83. The number of ether oxygens (including phenoxy) is 3. The average molecular weight is 952 g/mol. The molecule has 0 N–H and O–H groups in total. The lowest BCUT2D eigenvalue weighted by molar-refractivity contribution is 0.0300. The highest BCUT2D eigenvalue weighted by Gasteiger charge is 2.48. The first-order valence-corrected chi connectivity index (χ1v) is 23.5. The number of esters is 1. The lowest BCUT2D eigenvalue weighted by Gasteiger charge is -2.28. The van der Waals surface area contributed by atoms with Crippen molar-refractivity contribution in [2.45, 2.75) is 69.1 Å². The Morgan fingerprint density at radius 3 is 1.31 bits per heavy atom. The Hall–Kier alpha value is -4.01. The average Bonchev–Trinajstić information content (AvgIpc) is 4.09. The van der Waals surface area contributed by atoms with Crippen LogP contribution in [0.3, 0.4) is 0 Å². The van der Waals surface area contributed by atoms with E-state index in [1.807, 2.05) is 74.5 Å². The summed E-state index contributed by atoms with van der Waals surface area (Å²) in [5, 5.41) is -0.0156. The predicted molar refractivity (Wildman–Crippen MR) is 258 cm³/mol. The molecule has 0 saturated carbocycles. The summed E-state index contributed by atoms with van der Waals surface area (Å²) in [7, 11) is 0. The summed E-state index contributed by atoms with van der Waals surface area (Å²) in [4.78, 5) is 19.1. The summed E-state index contributed by atoms with van der Waals surface area (Å²) in [6.07, 6.45) is 9.75. The number of fused-ring (bicyclic) bond motifs is 1. The lowest BCUT2D eigenvalue weighted by atomic mass is 9.83. The number of alkyl halides is 2. The molecule has 6 nitrogen and oxygen atoms in total. The molecular weight excluding hydrogens is 905 g/mol. The molecule has 0 amide bonds. The van der Waals surface area contributed by atoms with Crippen molar-refractivity contribution in [3.8, 4) is 11.5 Å². The highest BCUT2D eigenvalue weighted by atomic mass is 35.5. The van der Waals surface area contributed by atoms with E-state index in [0.29, 0.717) is 24.3 Å². The molecule has 0 spiro atoms.